The zero-order valence-corrected chi connectivity index (χ0v) is 14.9. The summed E-state index contributed by atoms with van der Waals surface area (Å²) in [6, 6.07) is 14.7. The van der Waals surface area contributed by atoms with Gasteiger partial charge in [-0.1, -0.05) is 64.8 Å². The van der Waals surface area contributed by atoms with Crippen LogP contribution in [0.5, 0.6) is 0 Å². The molecule has 0 atom stereocenters. The SMILES string of the molecule is Cn1[nH]c(-c2ccccc2)c(/C=N\OCc2ccc(Cl)cc2Cl)c1=O. The smallest absolute Gasteiger partial charge is 0.275 e. The Morgan fingerprint density at radius 1 is 1.20 bits per heavy atom. The van der Waals surface area contributed by atoms with E-state index in [1.807, 2.05) is 30.3 Å². The molecule has 0 aliphatic rings. The predicted molar refractivity (Wildman–Crippen MR) is 100 cm³/mol. The van der Waals surface area contributed by atoms with Crippen molar-refractivity contribution in [2.75, 3.05) is 0 Å². The van der Waals surface area contributed by atoms with Crippen molar-refractivity contribution in [2.45, 2.75) is 6.61 Å². The minimum atomic E-state index is -0.185. The lowest BCUT2D eigenvalue weighted by molar-refractivity contribution is 0.132. The van der Waals surface area contributed by atoms with Gasteiger partial charge in [-0.25, -0.2) is 0 Å². The van der Waals surface area contributed by atoms with Gasteiger partial charge in [-0.15, -0.1) is 0 Å². The quantitative estimate of drug-likeness (QED) is 0.535. The van der Waals surface area contributed by atoms with E-state index < -0.39 is 0 Å². The molecule has 0 saturated heterocycles. The van der Waals surface area contributed by atoms with E-state index in [9.17, 15) is 4.79 Å². The molecule has 5 nitrogen and oxygen atoms in total. The molecule has 25 heavy (non-hydrogen) atoms. The average molecular weight is 376 g/mol. The highest BCUT2D eigenvalue weighted by molar-refractivity contribution is 6.35. The van der Waals surface area contributed by atoms with Gasteiger partial charge in [0.1, 0.15) is 6.61 Å². The van der Waals surface area contributed by atoms with E-state index in [-0.39, 0.29) is 12.2 Å². The van der Waals surface area contributed by atoms with Gasteiger partial charge in [0.05, 0.1) is 17.5 Å². The second-order valence-corrected chi connectivity index (χ2v) is 6.22. The molecular formula is C18H15Cl2N3O2. The summed E-state index contributed by atoms with van der Waals surface area (Å²) in [6.07, 6.45) is 1.41. The van der Waals surface area contributed by atoms with Crippen molar-refractivity contribution in [3.63, 3.8) is 0 Å². The molecule has 3 rings (SSSR count). The molecule has 128 valence electrons. The zero-order valence-electron chi connectivity index (χ0n) is 13.4. The fourth-order valence-corrected chi connectivity index (χ4v) is 2.81. The van der Waals surface area contributed by atoms with E-state index in [4.69, 9.17) is 28.0 Å². The first-order chi connectivity index (χ1) is 12.1. The molecule has 0 amide bonds. The van der Waals surface area contributed by atoms with Crippen molar-refractivity contribution < 1.29 is 4.84 Å². The molecule has 3 aromatic rings. The molecule has 1 heterocycles. The number of nitrogens with zero attached hydrogens (tertiary/aromatic N) is 2. The number of aromatic amines is 1. The van der Waals surface area contributed by atoms with Gasteiger partial charge < -0.3 is 4.84 Å². The largest absolute Gasteiger partial charge is 0.391 e. The molecule has 1 N–H and O–H groups in total. The minimum absolute atomic E-state index is 0.178. The van der Waals surface area contributed by atoms with Crippen LogP contribution < -0.4 is 5.56 Å². The monoisotopic (exact) mass is 375 g/mol. The van der Waals surface area contributed by atoms with Crippen LogP contribution in [0.2, 0.25) is 10.0 Å². The number of benzene rings is 2. The Bertz CT molecular complexity index is 962. The number of rotatable bonds is 5. The maximum absolute atomic E-state index is 12.3. The minimum Gasteiger partial charge on any atom is -0.391 e. The molecule has 7 heteroatoms. The lowest BCUT2D eigenvalue weighted by Gasteiger charge is -2.03. The number of nitrogens with one attached hydrogen (secondary N) is 1. The van der Waals surface area contributed by atoms with Crippen LogP contribution in [0.25, 0.3) is 11.3 Å². The summed E-state index contributed by atoms with van der Waals surface area (Å²) in [6.45, 7) is 0.178. The zero-order chi connectivity index (χ0) is 17.8. The number of H-pyrrole nitrogens is 1. The van der Waals surface area contributed by atoms with E-state index in [0.29, 0.717) is 21.3 Å². The van der Waals surface area contributed by atoms with Gasteiger partial charge in [-0.3, -0.25) is 14.6 Å². The predicted octanol–water partition coefficient (Wildman–Crippen LogP) is 4.24. The first-order valence-electron chi connectivity index (χ1n) is 7.50. The van der Waals surface area contributed by atoms with Crippen LogP contribution in [0.4, 0.5) is 0 Å². The van der Waals surface area contributed by atoms with Crippen molar-refractivity contribution in [3.05, 3.63) is 80.1 Å². The molecule has 0 fully saturated rings. The molecule has 0 aliphatic carbocycles. The fourth-order valence-electron chi connectivity index (χ4n) is 2.35. The second-order valence-electron chi connectivity index (χ2n) is 5.37. The van der Waals surface area contributed by atoms with E-state index in [1.54, 1.807) is 25.2 Å². The highest BCUT2D eigenvalue weighted by Gasteiger charge is 2.12. The van der Waals surface area contributed by atoms with E-state index in [0.717, 1.165) is 11.1 Å². The van der Waals surface area contributed by atoms with Crippen LogP contribution in [0, 0.1) is 0 Å². The van der Waals surface area contributed by atoms with Gasteiger partial charge in [-0.05, 0) is 12.1 Å². The first-order valence-corrected chi connectivity index (χ1v) is 8.25. The summed E-state index contributed by atoms with van der Waals surface area (Å²) in [5.41, 5.74) is 2.58. The Morgan fingerprint density at radius 2 is 1.96 bits per heavy atom. The van der Waals surface area contributed by atoms with Gasteiger partial charge in [0.2, 0.25) is 0 Å². The van der Waals surface area contributed by atoms with Crippen LogP contribution in [0.1, 0.15) is 11.1 Å². The van der Waals surface area contributed by atoms with Crippen molar-refractivity contribution >= 4 is 29.4 Å². The molecule has 0 saturated carbocycles. The lowest BCUT2D eigenvalue weighted by atomic mass is 10.1. The molecule has 0 spiro atoms. The summed E-state index contributed by atoms with van der Waals surface area (Å²) in [4.78, 5) is 17.5. The average Bonchev–Trinajstić information content (AvgIpc) is 2.89. The summed E-state index contributed by atoms with van der Waals surface area (Å²) in [7, 11) is 1.65. The number of oxime groups is 1. The van der Waals surface area contributed by atoms with Crippen molar-refractivity contribution in [1.29, 1.82) is 0 Å². The second kappa shape index (κ2) is 7.59. The lowest BCUT2D eigenvalue weighted by Crippen LogP contribution is -2.15. The Hall–Kier alpha value is -2.50. The van der Waals surface area contributed by atoms with E-state index >= 15 is 0 Å². The highest BCUT2D eigenvalue weighted by Crippen LogP contribution is 2.22. The van der Waals surface area contributed by atoms with Crippen LogP contribution >= 0.6 is 23.2 Å². The summed E-state index contributed by atoms with van der Waals surface area (Å²) in [5.74, 6) is 0. The molecule has 0 aliphatic heterocycles. The Balaban J connectivity index is 1.79. The van der Waals surface area contributed by atoms with E-state index in [1.165, 1.54) is 10.9 Å². The molecule has 0 radical (unpaired) electrons. The normalized spacial score (nSPS) is 11.2. The Labute approximate surface area is 154 Å². The Morgan fingerprint density at radius 3 is 2.68 bits per heavy atom. The van der Waals surface area contributed by atoms with Gasteiger partial charge in [0.25, 0.3) is 5.56 Å². The van der Waals surface area contributed by atoms with E-state index in [2.05, 4.69) is 10.3 Å². The molecule has 1 aromatic heterocycles. The van der Waals surface area contributed by atoms with Gasteiger partial charge in [0, 0.05) is 28.2 Å². The maximum atomic E-state index is 12.3. The van der Waals surface area contributed by atoms with Crippen LogP contribution in [-0.2, 0) is 18.5 Å². The van der Waals surface area contributed by atoms with Crippen molar-refractivity contribution in [3.8, 4) is 11.3 Å². The standard InChI is InChI=1S/C18H15Cl2N3O2/c1-23-18(24)15(17(22-23)12-5-3-2-4-6-12)10-21-25-11-13-7-8-14(19)9-16(13)20/h2-10,22H,11H2,1H3/b21-10-. The van der Waals surface area contributed by atoms with Crippen molar-refractivity contribution in [1.82, 2.24) is 9.78 Å². The maximum Gasteiger partial charge on any atom is 0.275 e. The third-order valence-electron chi connectivity index (χ3n) is 3.64. The number of halogens is 2. The van der Waals surface area contributed by atoms with Gasteiger partial charge in [-0.2, -0.15) is 0 Å². The molecule has 0 bridgehead atoms. The number of hydrogen-bond donors (Lipinski definition) is 1. The summed E-state index contributed by atoms with van der Waals surface area (Å²) in [5, 5.41) is 8.00. The van der Waals surface area contributed by atoms with Gasteiger partial charge >= 0.3 is 0 Å². The summed E-state index contributed by atoms with van der Waals surface area (Å²) < 4.78 is 1.40. The third-order valence-corrected chi connectivity index (χ3v) is 4.22. The van der Waals surface area contributed by atoms with Crippen molar-refractivity contribution in [2.24, 2.45) is 12.2 Å². The van der Waals surface area contributed by atoms with Crippen LogP contribution in [0.3, 0.4) is 0 Å². The number of hydrogen-bond acceptors (Lipinski definition) is 3. The molecule has 2 aromatic carbocycles. The number of aromatic nitrogens is 2. The van der Waals surface area contributed by atoms with Crippen LogP contribution in [0.15, 0.2) is 58.5 Å². The first kappa shape index (κ1) is 17.3. The number of aryl methyl sites for hydroxylation is 1. The molecule has 0 unspecified atom stereocenters. The molecular weight excluding hydrogens is 361 g/mol. The van der Waals surface area contributed by atoms with Crippen LogP contribution in [-0.4, -0.2) is 16.0 Å². The topological polar surface area (TPSA) is 59.4 Å². The van der Waals surface area contributed by atoms with Gasteiger partial charge in [0.15, 0.2) is 0 Å². The summed E-state index contributed by atoms with van der Waals surface area (Å²) >= 11 is 11.9. The highest BCUT2D eigenvalue weighted by atomic mass is 35.5. The Kier molecular flexibility index (Phi) is 5.26. The fraction of sp³-hybridized carbons (Fsp3) is 0.111. The third kappa shape index (κ3) is 3.95.